The normalized spacial score (nSPS) is 15.9. The van der Waals surface area contributed by atoms with Crippen molar-refractivity contribution in [2.75, 3.05) is 5.32 Å². The number of tetrazole rings is 1. The first-order chi connectivity index (χ1) is 19.0. The zero-order valence-electron chi connectivity index (χ0n) is 20.8. The lowest BCUT2D eigenvalue weighted by Gasteiger charge is -2.18. The number of halogens is 2. The number of pyridine rings is 1. The first-order valence-electron chi connectivity index (χ1n) is 12.5. The van der Waals surface area contributed by atoms with Crippen molar-refractivity contribution in [3.05, 3.63) is 89.2 Å². The van der Waals surface area contributed by atoms with Crippen LogP contribution >= 0.6 is 11.6 Å². The molecule has 1 aliphatic rings. The number of hydrogen-bond acceptors (Lipinski definition) is 6. The van der Waals surface area contributed by atoms with Gasteiger partial charge >= 0.3 is 0 Å². The van der Waals surface area contributed by atoms with Gasteiger partial charge in [-0.25, -0.2) is 4.39 Å². The third-order valence-corrected chi connectivity index (χ3v) is 6.65. The van der Waals surface area contributed by atoms with Gasteiger partial charge < -0.3 is 10.6 Å². The maximum Gasteiger partial charge on any atom is 0.244 e. The average molecular weight is 546 g/mol. The molecule has 3 heterocycles. The van der Waals surface area contributed by atoms with Crippen LogP contribution in [0.15, 0.2) is 67.1 Å². The summed E-state index contributed by atoms with van der Waals surface area (Å²) in [4.78, 5) is 30.1. The number of carbonyl (C=O) groups is 2. The second-order valence-corrected chi connectivity index (χ2v) is 9.60. The smallest absolute Gasteiger partial charge is 0.244 e. The van der Waals surface area contributed by atoms with Crippen LogP contribution in [0.25, 0.3) is 22.9 Å². The number of anilines is 1. The van der Waals surface area contributed by atoms with Gasteiger partial charge in [-0.05, 0) is 83.4 Å². The Balaban J connectivity index is 1.42. The molecule has 0 saturated carbocycles. The predicted octanol–water partition coefficient (Wildman–Crippen LogP) is 5.29. The van der Waals surface area contributed by atoms with Crippen LogP contribution in [0, 0.1) is 5.82 Å². The molecule has 0 radical (unpaired) electrons. The molecule has 0 fully saturated rings. The highest BCUT2D eigenvalue weighted by Crippen LogP contribution is 2.31. The zero-order valence-corrected chi connectivity index (χ0v) is 21.6. The molecule has 4 aromatic rings. The highest BCUT2D eigenvalue weighted by Gasteiger charge is 2.18. The summed E-state index contributed by atoms with van der Waals surface area (Å²) in [5, 5.41) is 17.7. The molecule has 2 aromatic heterocycles. The van der Waals surface area contributed by atoms with E-state index < -0.39 is 5.82 Å². The molecule has 1 unspecified atom stereocenters. The van der Waals surface area contributed by atoms with Gasteiger partial charge in [0, 0.05) is 34.8 Å². The van der Waals surface area contributed by atoms with Crippen molar-refractivity contribution in [3.8, 4) is 16.8 Å². The predicted molar refractivity (Wildman–Crippen MR) is 145 cm³/mol. The molecule has 2 aromatic carbocycles. The number of carbonyl (C=O) groups excluding carboxylic acids is 2. The van der Waals surface area contributed by atoms with Crippen LogP contribution in [-0.2, 0) is 9.59 Å². The number of amides is 2. The van der Waals surface area contributed by atoms with E-state index in [1.807, 2.05) is 6.07 Å². The Labute approximate surface area is 229 Å². The fourth-order valence-corrected chi connectivity index (χ4v) is 4.70. The van der Waals surface area contributed by atoms with E-state index in [1.165, 1.54) is 29.2 Å². The summed E-state index contributed by atoms with van der Waals surface area (Å²) in [7, 11) is 0. The number of nitrogens with one attached hydrogen (secondary N) is 2. The third-order valence-electron chi connectivity index (χ3n) is 6.42. The summed E-state index contributed by atoms with van der Waals surface area (Å²) in [6.07, 6.45) is 9.43. The van der Waals surface area contributed by atoms with Crippen LogP contribution in [0.1, 0.15) is 49.4 Å². The number of nitrogens with zero attached hydrogens (tertiary/aromatic N) is 5. The number of aromatic nitrogens is 5. The molecule has 0 saturated heterocycles. The lowest BCUT2D eigenvalue weighted by atomic mass is 9.99. The van der Waals surface area contributed by atoms with Crippen LogP contribution in [0.5, 0.6) is 0 Å². The van der Waals surface area contributed by atoms with Crippen LogP contribution in [0.3, 0.4) is 0 Å². The van der Waals surface area contributed by atoms with Gasteiger partial charge in [0.2, 0.25) is 11.8 Å². The van der Waals surface area contributed by atoms with E-state index in [9.17, 15) is 14.0 Å². The third kappa shape index (κ3) is 6.53. The standard InChI is InChI=1S/C28H25ClFN7O2/c29-20-7-10-26(37-17-32-35-36-37)19(14-20)6-11-28(39)33-23-4-2-1-3-5-27(38)34-24-16-21(30)8-9-22(24)18-12-13-31-25(23)15-18/h6-17,23H,1-5H2,(H,33,39)(H,34,38). The van der Waals surface area contributed by atoms with Crippen molar-refractivity contribution < 1.29 is 14.0 Å². The van der Waals surface area contributed by atoms with E-state index in [2.05, 4.69) is 31.1 Å². The van der Waals surface area contributed by atoms with Crippen molar-refractivity contribution in [1.82, 2.24) is 30.5 Å². The summed E-state index contributed by atoms with van der Waals surface area (Å²) in [5.41, 5.74) is 3.85. The van der Waals surface area contributed by atoms with Gasteiger partial charge in [0.05, 0.1) is 23.1 Å². The van der Waals surface area contributed by atoms with E-state index in [0.29, 0.717) is 52.5 Å². The average Bonchev–Trinajstić information content (AvgIpc) is 3.46. The molecule has 9 nitrogen and oxygen atoms in total. The van der Waals surface area contributed by atoms with Crippen LogP contribution < -0.4 is 10.6 Å². The Kier molecular flexibility index (Phi) is 8.02. The number of rotatable bonds is 4. The summed E-state index contributed by atoms with van der Waals surface area (Å²) in [6, 6.07) is 12.8. The molecule has 11 heteroatoms. The fraction of sp³-hybridized carbons (Fsp3) is 0.214. The Bertz CT molecular complexity index is 1520. The minimum absolute atomic E-state index is 0.160. The largest absolute Gasteiger partial charge is 0.344 e. The van der Waals surface area contributed by atoms with E-state index in [-0.39, 0.29) is 17.9 Å². The molecule has 2 bridgehead atoms. The van der Waals surface area contributed by atoms with Gasteiger partial charge in [-0.3, -0.25) is 14.6 Å². The second kappa shape index (κ2) is 12.0. The topological polar surface area (TPSA) is 115 Å². The molecule has 39 heavy (non-hydrogen) atoms. The Hall–Kier alpha value is -4.44. The van der Waals surface area contributed by atoms with Crippen molar-refractivity contribution in [3.63, 3.8) is 0 Å². The van der Waals surface area contributed by atoms with Crippen LogP contribution in [-0.4, -0.2) is 37.0 Å². The second-order valence-electron chi connectivity index (χ2n) is 9.16. The highest BCUT2D eigenvalue weighted by molar-refractivity contribution is 6.30. The molecule has 1 atom stereocenters. The zero-order chi connectivity index (χ0) is 27.2. The summed E-state index contributed by atoms with van der Waals surface area (Å²) >= 11 is 6.19. The van der Waals surface area contributed by atoms with Gasteiger partial charge in [0.15, 0.2) is 0 Å². The molecule has 2 amide bonds. The molecular formula is C28H25ClFN7O2. The maximum atomic E-state index is 14.0. The fourth-order valence-electron chi connectivity index (χ4n) is 4.52. The van der Waals surface area contributed by atoms with E-state index in [0.717, 1.165) is 18.4 Å². The Morgan fingerprint density at radius 3 is 2.87 bits per heavy atom. The lowest BCUT2D eigenvalue weighted by Crippen LogP contribution is -2.27. The number of hydrogen-bond donors (Lipinski definition) is 2. The van der Waals surface area contributed by atoms with Gasteiger partial charge in [0.25, 0.3) is 0 Å². The minimum atomic E-state index is -0.437. The molecule has 198 valence electrons. The lowest BCUT2D eigenvalue weighted by molar-refractivity contribution is -0.117. The van der Waals surface area contributed by atoms with Gasteiger partial charge in [-0.15, -0.1) is 5.10 Å². The summed E-state index contributed by atoms with van der Waals surface area (Å²) in [6.45, 7) is 0. The Morgan fingerprint density at radius 1 is 1.13 bits per heavy atom. The van der Waals surface area contributed by atoms with Gasteiger partial charge in [0.1, 0.15) is 12.1 Å². The van der Waals surface area contributed by atoms with Crippen LogP contribution in [0.2, 0.25) is 5.02 Å². The van der Waals surface area contributed by atoms with Crippen molar-refractivity contribution >= 4 is 35.2 Å². The van der Waals surface area contributed by atoms with Crippen molar-refractivity contribution in [1.29, 1.82) is 0 Å². The number of fused-ring (bicyclic) bond motifs is 4. The molecule has 1 aliphatic heterocycles. The van der Waals surface area contributed by atoms with Gasteiger partial charge in [-0.1, -0.05) is 24.4 Å². The summed E-state index contributed by atoms with van der Waals surface area (Å²) < 4.78 is 15.5. The van der Waals surface area contributed by atoms with Crippen LogP contribution in [0.4, 0.5) is 10.1 Å². The SMILES string of the molecule is O=C(C=Cc1cc(Cl)ccc1-n1cnnn1)NC1CCCCCC(=O)Nc2cc(F)ccc2-c2ccnc1c2. The van der Waals surface area contributed by atoms with E-state index >= 15 is 0 Å². The monoisotopic (exact) mass is 545 g/mol. The summed E-state index contributed by atoms with van der Waals surface area (Å²) in [5.74, 6) is -0.904. The van der Waals surface area contributed by atoms with E-state index in [1.54, 1.807) is 42.6 Å². The van der Waals surface area contributed by atoms with Crippen molar-refractivity contribution in [2.45, 2.75) is 38.1 Å². The molecular weight excluding hydrogens is 521 g/mol. The quantitative estimate of drug-likeness (QED) is 0.337. The number of benzene rings is 2. The van der Waals surface area contributed by atoms with Crippen molar-refractivity contribution in [2.24, 2.45) is 0 Å². The molecule has 5 rings (SSSR count). The first kappa shape index (κ1) is 26.2. The minimum Gasteiger partial charge on any atom is -0.344 e. The maximum absolute atomic E-state index is 14.0. The van der Waals surface area contributed by atoms with Gasteiger partial charge in [-0.2, -0.15) is 4.68 Å². The highest BCUT2D eigenvalue weighted by atomic mass is 35.5. The molecule has 0 aliphatic carbocycles. The van der Waals surface area contributed by atoms with E-state index in [4.69, 9.17) is 11.6 Å². The molecule has 0 spiro atoms. The molecule has 2 N–H and O–H groups in total. The first-order valence-corrected chi connectivity index (χ1v) is 12.9. The Morgan fingerprint density at radius 2 is 2.03 bits per heavy atom.